The molecule has 2 aromatic heterocycles. The molecule has 1 aliphatic heterocycles. The Balaban J connectivity index is 1.51. The summed E-state index contributed by atoms with van der Waals surface area (Å²) in [5.41, 5.74) is 1.81. The lowest BCUT2D eigenvalue weighted by Gasteiger charge is -2.27. The third-order valence-corrected chi connectivity index (χ3v) is 5.69. The van der Waals surface area contributed by atoms with Crippen LogP contribution in [-0.4, -0.2) is 27.2 Å². The molecule has 1 fully saturated rings. The number of rotatable bonds is 4. The van der Waals surface area contributed by atoms with Crippen molar-refractivity contribution >= 4 is 17.1 Å². The highest BCUT2D eigenvalue weighted by molar-refractivity contribution is 7.14. The van der Waals surface area contributed by atoms with Gasteiger partial charge in [0.15, 0.2) is 5.78 Å². The molecular weight excluding hydrogens is 310 g/mol. The number of aromatic amines is 1. The molecule has 2 aliphatic rings. The monoisotopic (exact) mass is 329 g/mol. The predicted octanol–water partition coefficient (Wildman–Crippen LogP) is 2.47. The van der Waals surface area contributed by atoms with Gasteiger partial charge in [-0.2, -0.15) is 0 Å². The van der Waals surface area contributed by atoms with Gasteiger partial charge in [-0.15, -0.1) is 11.3 Å². The molecule has 0 atom stereocenters. The summed E-state index contributed by atoms with van der Waals surface area (Å²) in [7, 11) is 0. The van der Waals surface area contributed by atoms with Crippen LogP contribution in [0.25, 0.3) is 0 Å². The Kier molecular flexibility index (Phi) is 3.66. The van der Waals surface area contributed by atoms with Gasteiger partial charge in [0.2, 0.25) is 0 Å². The van der Waals surface area contributed by atoms with Gasteiger partial charge in [0.05, 0.1) is 16.1 Å². The van der Waals surface area contributed by atoms with Crippen molar-refractivity contribution in [2.75, 3.05) is 6.54 Å². The number of carbonyl (C=O) groups excluding carboxylic acids is 1. The van der Waals surface area contributed by atoms with Crippen LogP contribution in [0.15, 0.2) is 16.9 Å². The minimum absolute atomic E-state index is 0.0252. The predicted molar refractivity (Wildman–Crippen MR) is 89.0 cm³/mol. The van der Waals surface area contributed by atoms with Crippen LogP contribution in [0.4, 0.5) is 0 Å². The van der Waals surface area contributed by atoms with Crippen molar-refractivity contribution in [2.45, 2.75) is 45.2 Å². The summed E-state index contributed by atoms with van der Waals surface area (Å²) >= 11 is 1.54. The number of nitrogens with one attached hydrogen (secondary N) is 1. The fourth-order valence-corrected chi connectivity index (χ4v) is 4.00. The van der Waals surface area contributed by atoms with Crippen molar-refractivity contribution in [2.24, 2.45) is 0 Å². The number of carbonyl (C=O) groups is 1. The summed E-state index contributed by atoms with van der Waals surface area (Å²) in [5, 5.41) is 0. The van der Waals surface area contributed by atoms with Gasteiger partial charge < -0.3 is 4.98 Å². The fraction of sp³-hybridized carbons (Fsp3) is 0.471. The molecule has 6 heteroatoms. The van der Waals surface area contributed by atoms with Crippen molar-refractivity contribution in [1.29, 1.82) is 0 Å². The molecule has 23 heavy (non-hydrogen) atoms. The Bertz CT molecular complexity index is 819. The van der Waals surface area contributed by atoms with Crippen molar-refractivity contribution < 1.29 is 4.79 Å². The molecule has 1 N–H and O–H groups in total. The zero-order chi connectivity index (χ0) is 16.0. The van der Waals surface area contributed by atoms with Gasteiger partial charge in [0.25, 0.3) is 5.56 Å². The molecule has 4 rings (SSSR count). The smallest absolute Gasteiger partial charge is 0.255 e. The first-order valence-electron chi connectivity index (χ1n) is 8.04. The quantitative estimate of drug-likeness (QED) is 0.875. The van der Waals surface area contributed by atoms with E-state index in [2.05, 4.69) is 14.9 Å². The lowest BCUT2D eigenvalue weighted by molar-refractivity contribution is 0.102. The second-order valence-electron chi connectivity index (χ2n) is 6.43. The molecule has 3 heterocycles. The number of thiophene rings is 1. The lowest BCUT2D eigenvalue weighted by Crippen LogP contribution is -2.35. The van der Waals surface area contributed by atoms with Crippen molar-refractivity contribution in [3.8, 4) is 0 Å². The number of H-pyrrole nitrogens is 1. The number of hydrogen-bond donors (Lipinski definition) is 1. The average Bonchev–Trinajstić information content (AvgIpc) is 3.27. The Labute approximate surface area is 138 Å². The van der Waals surface area contributed by atoms with Crippen LogP contribution >= 0.6 is 11.3 Å². The summed E-state index contributed by atoms with van der Waals surface area (Å²) in [5.74, 6) is 1.46. The molecule has 2 aromatic rings. The highest BCUT2D eigenvalue weighted by Gasteiger charge is 2.29. The normalized spacial score (nSPS) is 18.0. The van der Waals surface area contributed by atoms with Gasteiger partial charge in [-0.25, -0.2) is 4.98 Å². The molecule has 0 amide bonds. The number of ketones is 1. The van der Waals surface area contributed by atoms with Crippen LogP contribution in [0.5, 0.6) is 0 Å². The molecule has 1 aliphatic carbocycles. The second-order valence-corrected chi connectivity index (χ2v) is 7.60. The van der Waals surface area contributed by atoms with Crippen molar-refractivity contribution in [3.05, 3.63) is 49.3 Å². The summed E-state index contributed by atoms with van der Waals surface area (Å²) in [6, 6.07) is 3.89. The van der Waals surface area contributed by atoms with E-state index in [0.29, 0.717) is 12.5 Å². The van der Waals surface area contributed by atoms with Gasteiger partial charge >= 0.3 is 0 Å². The van der Waals surface area contributed by atoms with E-state index >= 15 is 0 Å². The van der Waals surface area contributed by atoms with Crippen molar-refractivity contribution in [3.63, 3.8) is 0 Å². The summed E-state index contributed by atoms with van der Waals surface area (Å²) < 4.78 is 0. The van der Waals surface area contributed by atoms with E-state index in [9.17, 15) is 9.59 Å². The minimum atomic E-state index is 0.0252. The maximum absolute atomic E-state index is 12.3. The maximum atomic E-state index is 12.3. The summed E-state index contributed by atoms with van der Waals surface area (Å²) in [6.45, 7) is 3.91. The largest absolute Gasteiger partial charge is 0.310 e. The average molecular weight is 329 g/mol. The third kappa shape index (κ3) is 3.01. The maximum Gasteiger partial charge on any atom is 0.255 e. The van der Waals surface area contributed by atoms with Gasteiger partial charge in [-0.05, 0) is 31.9 Å². The van der Waals surface area contributed by atoms with Crippen LogP contribution in [-0.2, 0) is 19.5 Å². The first-order chi connectivity index (χ1) is 11.1. The van der Waals surface area contributed by atoms with Gasteiger partial charge in [0, 0.05) is 36.9 Å². The topological polar surface area (TPSA) is 66.1 Å². The highest BCUT2D eigenvalue weighted by atomic mass is 32.1. The second kappa shape index (κ2) is 5.69. The van der Waals surface area contributed by atoms with Crippen LogP contribution in [0, 0.1) is 0 Å². The number of hydrogen-bond acceptors (Lipinski definition) is 5. The Morgan fingerprint density at radius 3 is 2.96 bits per heavy atom. The zero-order valence-corrected chi connectivity index (χ0v) is 13.9. The van der Waals surface area contributed by atoms with Crippen molar-refractivity contribution in [1.82, 2.24) is 14.9 Å². The molecule has 0 bridgehead atoms. The molecule has 120 valence electrons. The van der Waals surface area contributed by atoms with E-state index in [0.717, 1.165) is 59.2 Å². The van der Waals surface area contributed by atoms with Crippen LogP contribution in [0.1, 0.15) is 57.3 Å². The Morgan fingerprint density at radius 1 is 1.43 bits per heavy atom. The van der Waals surface area contributed by atoms with E-state index < -0.39 is 0 Å². The SMILES string of the molecule is CC(=O)c1ccc(CN2CCc3nc(C4CC4)[nH]c(=O)c3C2)s1. The fourth-order valence-electron chi connectivity index (χ4n) is 3.06. The van der Waals surface area contributed by atoms with Gasteiger partial charge in [0.1, 0.15) is 5.82 Å². The standard InChI is InChI=1S/C17H19N3O2S/c1-10(21)15-5-4-12(23-15)8-20-7-6-14-13(9-20)17(22)19-16(18-14)11-2-3-11/h4-5,11H,2-3,6-9H2,1H3,(H,18,19,22). The summed E-state index contributed by atoms with van der Waals surface area (Å²) in [4.78, 5) is 35.6. The number of fused-ring (bicyclic) bond motifs is 1. The lowest BCUT2D eigenvalue weighted by atomic mass is 10.1. The first kappa shape index (κ1) is 14.8. The molecule has 1 saturated carbocycles. The molecule has 0 radical (unpaired) electrons. The molecule has 0 unspecified atom stereocenters. The number of aromatic nitrogens is 2. The molecule has 5 nitrogen and oxygen atoms in total. The number of Topliss-reactive ketones (excluding diaryl/α,β-unsaturated/α-hetero) is 1. The first-order valence-corrected chi connectivity index (χ1v) is 8.86. The minimum Gasteiger partial charge on any atom is -0.310 e. The van der Waals surface area contributed by atoms with E-state index in [1.165, 1.54) is 0 Å². The Morgan fingerprint density at radius 2 is 2.26 bits per heavy atom. The van der Waals surface area contributed by atoms with E-state index in [1.54, 1.807) is 18.3 Å². The summed E-state index contributed by atoms with van der Waals surface area (Å²) in [6.07, 6.45) is 3.11. The molecular formula is C17H19N3O2S. The number of nitrogens with zero attached hydrogens (tertiary/aromatic N) is 2. The highest BCUT2D eigenvalue weighted by Crippen LogP contribution is 2.37. The van der Waals surface area contributed by atoms with E-state index in [4.69, 9.17) is 0 Å². The van der Waals surface area contributed by atoms with Gasteiger partial charge in [-0.1, -0.05) is 0 Å². The Hall–Kier alpha value is -1.79. The van der Waals surface area contributed by atoms with Crippen LogP contribution in [0.2, 0.25) is 0 Å². The zero-order valence-electron chi connectivity index (χ0n) is 13.1. The molecule has 0 spiro atoms. The van der Waals surface area contributed by atoms with E-state index in [1.807, 2.05) is 12.1 Å². The van der Waals surface area contributed by atoms with Gasteiger partial charge in [-0.3, -0.25) is 14.5 Å². The third-order valence-electron chi connectivity index (χ3n) is 4.52. The van der Waals surface area contributed by atoms with Crippen LogP contribution in [0.3, 0.4) is 0 Å². The van der Waals surface area contributed by atoms with Crippen LogP contribution < -0.4 is 5.56 Å². The van der Waals surface area contributed by atoms with E-state index in [-0.39, 0.29) is 11.3 Å². The molecule has 0 saturated heterocycles. The molecule has 0 aromatic carbocycles.